The topological polar surface area (TPSA) is 114 Å². The molecule has 9 nitrogen and oxygen atoms in total. The predicted octanol–water partition coefficient (Wildman–Crippen LogP) is 3.15. The Morgan fingerprint density at radius 2 is 2.06 bits per heavy atom. The lowest BCUT2D eigenvalue weighted by molar-refractivity contribution is -0.121. The summed E-state index contributed by atoms with van der Waals surface area (Å²) in [5, 5.41) is 6.69. The molecule has 32 heavy (non-hydrogen) atoms. The van der Waals surface area contributed by atoms with E-state index < -0.39 is 11.2 Å². The molecule has 4 rings (SSSR count). The van der Waals surface area contributed by atoms with Gasteiger partial charge in [0.15, 0.2) is 17.5 Å². The lowest BCUT2D eigenvalue weighted by Crippen LogP contribution is -2.33. The number of aryl methyl sites for hydroxylation is 1. The van der Waals surface area contributed by atoms with Crippen LogP contribution in [0.1, 0.15) is 47.5 Å². The number of anilines is 1. The van der Waals surface area contributed by atoms with Crippen molar-refractivity contribution in [1.82, 2.24) is 10.1 Å². The van der Waals surface area contributed by atoms with Crippen molar-refractivity contribution >= 4 is 40.4 Å². The van der Waals surface area contributed by atoms with E-state index in [4.69, 9.17) is 9.26 Å². The first-order valence-corrected chi connectivity index (χ1v) is 11.4. The number of aromatic nitrogens is 1. The van der Waals surface area contributed by atoms with Crippen molar-refractivity contribution in [2.75, 3.05) is 18.4 Å². The van der Waals surface area contributed by atoms with E-state index in [1.54, 1.807) is 31.2 Å². The summed E-state index contributed by atoms with van der Waals surface area (Å²) in [6, 6.07) is 8.14. The molecule has 3 heterocycles. The van der Waals surface area contributed by atoms with Crippen LogP contribution in [0, 0.1) is 6.92 Å². The number of rotatable bonds is 6. The van der Waals surface area contributed by atoms with Gasteiger partial charge >= 0.3 is 5.97 Å². The normalized spacial score (nSPS) is 18.4. The van der Waals surface area contributed by atoms with Crippen LogP contribution in [-0.2, 0) is 20.9 Å². The molecule has 0 bridgehead atoms. The monoisotopic (exact) mass is 456 g/mol. The molecule has 0 saturated carbocycles. The molecule has 2 aliphatic heterocycles. The molecule has 2 aromatic rings. The predicted molar refractivity (Wildman–Crippen MR) is 119 cm³/mol. The molecule has 1 fully saturated rings. The van der Waals surface area contributed by atoms with Crippen molar-refractivity contribution in [2.45, 2.75) is 44.5 Å². The summed E-state index contributed by atoms with van der Waals surface area (Å²) in [5.74, 6) is -0.680. The number of nitrogens with one attached hydrogen (secondary N) is 1. The Morgan fingerprint density at radius 1 is 1.25 bits per heavy atom. The average molecular weight is 457 g/mol. The Labute approximate surface area is 189 Å². The van der Waals surface area contributed by atoms with E-state index in [1.165, 1.54) is 24.2 Å². The van der Waals surface area contributed by atoms with E-state index in [2.05, 4.69) is 20.4 Å². The number of esters is 1. The second-order valence-electron chi connectivity index (χ2n) is 7.73. The highest BCUT2D eigenvalue weighted by Crippen LogP contribution is 2.29. The number of carbonyl (C=O) groups is 3. The molecule has 0 spiro atoms. The average Bonchev–Trinajstić information content (AvgIpc) is 3.38. The largest absolute Gasteiger partial charge is 0.454 e. The van der Waals surface area contributed by atoms with Crippen molar-refractivity contribution in [2.24, 2.45) is 4.99 Å². The van der Waals surface area contributed by atoms with Crippen molar-refractivity contribution in [3.05, 3.63) is 47.3 Å². The molecular weight excluding hydrogens is 432 g/mol. The van der Waals surface area contributed by atoms with Crippen LogP contribution in [0.15, 0.2) is 39.8 Å². The van der Waals surface area contributed by atoms with Crippen LogP contribution in [0.3, 0.4) is 0 Å². The summed E-state index contributed by atoms with van der Waals surface area (Å²) in [7, 11) is 0. The highest BCUT2D eigenvalue weighted by molar-refractivity contribution is 8.15. The summed E-state index contributed by atoms with van der Waals surface area (Å²) in [4.78, 5) is 43.4. The van der Waals surface area contributed by atoms with E-state index in [0.717, 1.165) is 31.1 Å². The van der Waals surface area contributed by atoms with Gasteiger partial charge in [-0.1, -0.05) is 23.0 Å². The maximum atomic E-state index is 12.5. The number of piperidine rings is 1. The Balaban J connectivity index is 1.29. The Morgan fingerprint density at radius 3 is 2.81 bits per heavy atom. The van der Waals surface area contributed by atoms with Gasteiger partial charge in [-0.2, -0.15) is 4.99 Å². The lowest BCUT2D eigenvalue weighted by Gasteiger charge is -2.27. The standard InChI is InChI=1S/C22H24N4O5S/c1-14-10-17(31-25-14)13-30-21(29)15-6-5-7-16(11-15)23-19(27)12-18-20(28)24-22(32-18)26-8-3-2-4-9-26/h5-7,10-11,18H,2-4,8-9,12-13H2,1H3,(H,23,27)/t18-/m0/s1. The third-order valence-electron chi connectivity index (χ3n) is 5.13. The zero-order valence-corrected chi connectivity index (χ0v) is 18.5. The number of carbonyl (C=O) groups excluding carboxylic acids is 3. The Bertz CT molecular complexity index is 1040. The van der Waals surface area contributed by atoms with E-state index in [-0.39, 0.29) is 24.8 Å². The number of amidine groups is 1. The Kier molecular flexibility index (Phi) is 6.89. The van der Waals surface area contributed by atoms with Gasteiger partial charge in [0.05, 0.1) is 11.3 Å². The van der Waals surface area contributed by atoms with Crippen LogP contribution in [0.4, 0.5) is 5.69 Å². The van der Waals surface area contributed by atoms with E-state index in [9.17, 15) is 14.4 Å². The number of aliphatic imine (C=N–C) groups is 1. The molecule has 2 amide bonds. The van der Waals surface area contributed by atoms with Crippen LogP contribution in [-0.4, -0.2) is 51.3 Å². The first-order chi connectivity index (χ1) is 15.5. The van der Waals surface area contributed by atoms with Crippen molar-refractivity contribution in [1.29, 1.82) is 0 Å². The van der Waals surface area contributed by atoms with Crippen molar-refractivity contribution in [3.63, 3.8) is 0 Å². The maximum absolute atomic E-state index is 12.5. The van der Waals surface area contributed by atoms with Crippen LogP contribution in [0.2, 0.25) is 0 Å². The number of hydrogen-bond acceptors (Lipinski definition) is 8. The number of likely N-dealkylation sites (tertiary alicyclic amines) is 1. The molecule has 168 valence electrons. The highest BCUT2D eigenvalue weighted by atomic mass is 32.2. The molecule has 1 N–H and O–H groups in total. The molecular formula is C22H24N4O5S. The minimum absolute atomic E-state index is 0.0177. The van der Waals surface area contributed by atoms with Gasteiger partial charge in [-0.25, -0.2) is 4.79 Å². The van der Waals surface area contributed by atoms with Gasteiger partial charge in [-0.15, -0.1) is 0 Å². The smallest absolute Gasteiger partial charge is 0.338 e. The van der Waals surface area contributed by atoms with Crippen molar-refractivity contribution < 1.29 is 23.6 Å². The maximum Gasteiger partial charge on any atom is 0.338 e. The third-order valence-corrected chi connectivity index (χ3v) is 6.34. The minimum Gasteiger partial charge on any atom is -0.454 e. The summed E-state index contributed by atoms with van der Waals surface area (Å²) in [6.07, 6.45) is 3.40. The zero-order valence-electron chi connectivity index (χ0n) is 17.7. The Hall–Kier alpha value is -3.14. The quantitative estimate of drug-likeness (QED) is 0.660. The molecule has 0 aliphatic carbocycles. The van der Waals surface area contributed by atoms with Gasteiger partial charge in [-0.3, -0.25) is 9.59 Å². The van der Waals surface area contributed by atoms with Gasteiger partial charge in [0, 0.05) is 31.3 Å². The zero-order chi connectivity index (χ0) is 22.5. The molecule has 1 atom stereocenters. The summed E-state index contributed by atoms with van der Waals surface area (Å²) >= 11 is 1.36. The van der Waals surface area contributed by atoms with Crippen molar-refractivity contribution in [3.8, 4) is 0 Å². The van der Waals surface area contributed by atoms with Crippen LogP contribution in [0.25, 0.3) is 0 Å². The molecule has 1 saturated heterocycles. The number of amides is 2. The third kappa shape index (κ3) is 5.56. The number of nitrogens with zero attached hydrogens (tertiary/aromatic N) is 3. The molecule has 1 aromatic carbocycles. The van der Waals surface area contributed by atoms with Gasteiger partial charge in [0.1, 0.15) is 5.25 Å². The molecule has 1 aromatic heterocycles. The minimum atomic E-state index is -0.545. The molecule has 2 aliphatic rings. The number of thioether (sulfide) groups is 1. The van der Waals surface area contributed by atoms with Crippen LogP contribution < -0.4 is 5.32 Å². The number of benzene rings is 1. The summed E-state index contributed by atoms with van der Waals surface area (Å²) < 4.78 is 10.2. The van der Waals surface area contributed by atoms with Gasteiger partial charge in [0.2, 0.25) is 5.91 Å². The fourth-order valence-corrected chi connectivity index (χ4v) is 4.66. The summed E-state index contributed by atoms with van der Waals surface area (Å²) in [5.41, 5.74) is 1.45. The fraction of sp³-hybridized carbons (Fsp3) is 0.409. The summed E-state index contributed by atoms with van der Waals surface area (Å²) in [6.45, 7) is 3.55. The van der Waals surface area contributed by atoms with E-state index in [1.807, 2.05) is 0 Å². The highest BCUT2D eigenvalue weighted by Gasteiger charge is 2.33. The SMILES string of the molecule is Cc1cc(COC(=O)c2cccc(NC(=O)C[C@@H]3SC(N4CCCCC4)=NC3=O)c2)on1. The molecule has 0 radical (unpaired) electrons. The number of ether oxygens (including phenoxy) is 1. The van der Waals surface area contributed by atoms with Crippen LogP contribution in [0.5, 0.6) is 0 Å². The van der Waals surface area contributed by atoms with E-state index >= 15 is 0 Å². The number of hydrogen-bond donors (Lipinski definition) is 1. The fourth-order valence-electron chi connectivity index (χ4n) is 3.54. The first kappa shape index (κ1) is 22.1. The van der Waals surface area contributed by atoms with Gasteiger partial charge < -0.3 is 19.5 Å². The van der Waals surface area contributed by atoms with Gasteiger partial charge in [0.25, 0.3) is 5.91 Å². The molecule has 10 heteroatoms. The molecule has 0 unspecified atom stereocenters. The van der Waals surface area contributed by atoms with E-state index in [0.29, 0.717) is 22.7 Å². The second-order valence-corrected chi connectivity index (χ2v) is 8.90. The lowest BCUT2D eigenvalue weighted by atomic mass is 10.1. The first-order valence-electron chi connectivity index (χ1n) is 10.5. The van der Waals surface area contributed by atoms with Gasteiger partial charge in [-0.05, 0) is 44.4 Å². The second kappa shape index (κ2) is 9.99. The van der Waals surface area contributed by atoms with Crippen LogP contribution >= 0.6 is 11.8 Å².